The lowest BCUT2D eigenvalue weighted by atomic mass is 9.86. The second-order valence-corrected chi connectivity index (χ2v) is 9.89. The van der Waals surface area contributed by atoms with Gasteiger partial charge in [-0.05, 0) is 34.1 Å². The van der Waals surface area contributed by atoms with Gasteiger partial charge in [-0.1, -0.05) is 20.8 Å². The fourth-order valence-corrected chi connectivity index (χ4v) is 4.64. The van der Waals surface area contributed by atoms with Crippen LogP contribution in [0.1, 0.15) is 54.9 Å². The SMILES string of the molecule is [B][C@@H]1O[C@H](CC)C(OP(OC)OC[C@H]2O[C@@H](C)[C@@H](C)C2OC(C)(C)C)[C@@H]1C. The summed E-state index contributed by atoms with van der Waals surface area (Å²) in [5.74, 6) is 0.372. The van der Waals surface area contributed by atoms with Gasteiger partial charge in [0.2, 0.25) is 0 Å². The number of rotatable bonds is 8. The highest BCUT2D eigenvalue weighted by molar-refractivity contribution is 7.41. The van der Waals surface area contributed by atoms with Crippen LogP contribution in [0, 0.1) is 11.8 Å². The molecule has 0 N–H and O–H groups in total. The third-order valence-corrected chi connectivity index (χ3v) is 6.42. The van der Waals surface area contributed by atoms with Gasteiger partial charge in [0.25, 0.3) is 0 Å². The van der Waals surface area contributed by atoms with Crippen LogP contribution in [-0.2, 0) is 27.8 Å². The van der Waals surface area contributed by atoms with E-state index in [2.05, 4.69) is 41.5 Å². The van der Waals surface area contributed by atoms with Crippen LogP contribution in [0.3, 0.4) is 0 Å². The summed E-state index contributed by atoms with van der Waals surface area (Å²) in [6.45, 7) is 14.9. The number of ether oxygens (including phenoxy) is 3. The molecule has 0 saturated carbocycles. The van der Waals surface area contributed by atoms with Gasteiger partial charge in [-0.3, -0.25) is 0 Å². The van der Waals surface area contributed by atoms with E-state index < -0.39 is 8.60 Å². The highest BCUT2D eigenvalue weighted by atomic mass is 31.2. The van der Waals surface area contributed by atoms with Crippen LogP contribution in [0.2, 0.25) is 0 Å². The average Bonchev–Trinajstić information content (AvgIpc) is 3.01. The Morgan fingerprint density at radius 2 is 1.67 bits per heavy atom. The summed E-state index contributed by atoms with van der Waals surface area (Å²) < 4.78 is 35.6. The first-order chi connectivity index (χ1) is 12.6. The van der Waals surface area contributed by atoms with E-state index in [0.717, 1.165) is 6.42 Å². The summed E-state index contributed by atoms with van der Waals surface area (Å²) >= 11 is 0. The second kappa shape index (κ2) is 9.84. The minimum Gasteiger partial charge on any atom is -0.382 e. The lowest BCUT2D eigenvalue weighted by Gasteiger charge is -2.31. The van der Waals surface area contributed by atoms with Crippen molar-refractivity contribution in [1.82, 2.24) is 0 Å². The van der Waals surface area contributed by atoms with Gasteiger partial charge in [-0.2, -0.15) is 0 Å². The average molecular weight is 402 g/mol. The molecule has 0 bridgehead atoms. The zero-order chi connectivity index (χ0) is 20.4. The summed E-state index contributed by atoms with van der Waals surface area (Å²) in [5.41, 5.74) is -0.242. The van der Waals surface area contributed by atoms with Gasteiger partial charge in [0, 0.05) is 24.9 Å². The third kappa shape index (κ3) is 6.12. The maximum atomic E-state index is 6.24. The predicted molar refractivity (Wildman–Crippen MR) is 107 cm³/mol. The van der Waals surface area contributed by atoms with E-state index >= 15 is 0 Å². The molecule has 0 aromatic carbocycles. The van der Waals surface area contributed by atoms with Crippen LogP contribution in [-0.4, -0.2) is 63.7 Å². The predicted octanol–water partition coefficient (Wildman–Crippen LogP) is 3.81. The number of hydrogen-bond donors (Lipinski definition) is 0. The molecule has 2 saturated heterocycles. The summed E-state index contributed by atoms with van der Waals surface area (Å²) in [6, 6.07) is -0.321. The maximum absolute atomic E-state index is 6.24. The molecular formula is C19H36BO6P. The summed E-state index contributed by atoms with van der Waals surface area (Å²) in [7, 11) is 6.10. The van der Waals surface area contributed by atoms with Crippen molar-refractivity contribution in [1.29, 1.82) is 0 Å². The molecule has 0 spiro atoms. The summed E-state index contributed by atoms with van der Waals surface area (Å²) in [5, 5.41) is 0. The molecule has 156 valence electrons. The monoisotopic (exact) mass is 402 g/mol. The first kappa shape index (κ1) is 23.5. The standard InChI is InChI=1S/C19H36BO6P/c1-9-14-17(12(3)18(20)24-14)26-27(21-8)22-10-15-16(25-19(5,6)7)11(2)13(4)23-15/h11-18H,9-10H2,1-8H3/t11-,12+,13+,14-,15-,16?,17?,18-,27?/m1/s1. The third-order valence-electron chi connectivity index (χ3n) is 5.34. The molecule has 2 aliphatic heterocycles. The van der Waals surface area contributed by atoms with Crippen molar-refractivity contribution < 1.29 is 27.8 Å². The largest absolute Gasteiger partial charge is 0.382 e. The molecule has 0 aromatic heterocycles. The van der Waals surface area contributed by atoms with Crippen molar-refractivity contribution in [2.24, 2.45) is 11.8 Å². The van der Waals surface area contributed by atoms with Crippen molar-refractivity contribution in [3.63, 3.8) is 0 Å². The van der Waals surface area contributed by atoms with Crippen LogP contribution < -0.4 is 0 Å². The quantitative estimate of drug-likeness (QED) is 0.455. The topological polar surface area (TPSA) is 55.4 Å². The lowest BCUT2D eigenvalue weighted by molar-refractivity contribution is -0.106. The fraction of sp³-hybridized carbons (Fsp3) is 1.00. The van der Waals surface area contributed by atoms with Gasteiger partial charge in [-0.25, -0.2) is 0 Å². The second-order valence-electron chi connectivity index (χ2n) is 8.61. The molecule has 9 atom stereocenters. The highest BCUT2D eigenvalue weighted by Crippen LogP contribution is 2.46. The van der Waals surface area contributed by atoms with E-state index in [-0.39, 0.29) is 48.0 Å². The Balaban J connectivity index is 1.94. The van der Waals surface area contributed by atoms with Crippen LogP contribution in [0.25, 0.3) is 0 Å². The zero-order valence-corrected chi connectivity index (χ0v) is 18.9. The Kier molecular flexibility index (Phi) is 8.58. The Morgan fingerprint density at radius 1 is 1.00 bits per heavy atom. The molecule has 0 aliphatic carbocycles. The normalized spacial score (nSPS) is 41.2. The van der Waals surface area contributed by atoms with E-state index in [1.165, 1.54) is 0 Å². The van der Waals surface area contributed by atoms with Crippen molar-refractivity contribution in [2.75, 3.05) is 13.7 Å². The van der Waals surface area contributed by atoms with E-state index in [4.69, 9.17) is 35.6 Å². The maximum Gasteiger partial charge on any atom is 0.332 e. The Hall–Kier alpha value is 0.255. The van der Waals surface area contributed by atoms with Gasteiger partial charge in [0.15, 0.2) is 0 Å². The van der Waals surface area contributed by atoms with Crippen LogP contribution in [0.4, 0.5) is 0 Å². The molecular weight excluding hydrogens is 366 g/mol. The lowest BCUT2D eigenvalue weighted by Crippen LogP contribution is -2.38. The Morgan fingerprint density at radius 3 is 2.22 bits per heavy atom. The van der Waals surface area contributed by atoms with Gasteiger partial charge in [0.1, 0.15) is 14.0 Å². The van der Waals surface area contributed by atoms with Gasteiger partial charge in [-0.15, -0.1) is 0 Å². The fourth-order valence-electron chi connectivity index (χ4n) is 3.59. The van der Waals surface area contributed by atoms with E-state index in [9.17, 15) is 0 Å². The molecule has 2 heterocycles. The van der Waals surface area contributed by atoms with Gasteiger partial charge in [0.05, 0.1) is 36.6 Å². The zero-order valence-electron chi connectivity index (χ0n) is 18.0. The molecule has 8 heteroatoms. The highest BCUT2D eigenvalue weighted by Gasteiger charge is 2.44. The molecule has 2 radical (unpaired) electrons. The van der Waals surface area contributed by atoms with E-state index in [1.807, 2.05) is 6.92 Å². The molecule has 2 fully saturated rings. The van der Waals surface area contributed by atoms with Crippen LogP contribution in [0.5, 0.6) is 0 Å². The molecule has 0 aromatic rings. The summed E-state index contributed by atoms with van der Waals surface area (Å²) in [6.07, 6.45) is 0.585. The smallest absolute Gasteiger partial charge is 0.332 e. The van der Waals surface area contributed by atoms with E-state index in [0.29, 0.717) is 12.5 Å². The number of hydrogen-bond acceptors (Lipinski definition) is 6. The Bertz CT molecular complexity index is 462. The van der Waals surface area contributed by atoms with Gasteiger partial charge < -0.3 is 27.8 Å². The van der Waals surface area contributed by atoms with Crippen molar-refractivity contribution in [3.05, 3.63) is 0 Å². The minimum absolute atomic E-state index is 0.0285. The van der Waals surface area contributed by atoms with Crippen LogP contribution in [0.15, 0.2) is 0 Å². The Labute approximate surface area is 167 Å². The molecule has 0 amide bonds. The molecule has 27 heavy (non-hydrogen) atoms. The first-order valence-electron chi connectivity index (χ1n) is 9.95. The van der Waals surface area contributed by atoms with E-state index in [1.54, 1.807) is 7.11 Å². The van der Waals surface area contributed by atoms with Crippen LogP contribution >= 0.6 is 8.60 Å². The van der Waals surface area contributed by atoms with Crippen molar-refractivity contribution >= 4 is 16.4 Å². The first-order valence-corrected chi connectivity index (χ1v) is 11.0. The van der Waals surface area contributed by atoms with Crippen molar-refractivity contribution in [3.8, 4) is 0 Å². The molecule has 6 nitrogen and oxygen atoms in total. The van der Waals surface area contributed by atoms with Gasteiger partial charge >= 0.3 is 8.60 Å². The van der Waals surface area contributed by atoms with Crippen molar-refractivity contribution in [2.45, 2.75) is 97.0 Å². The minimum atomic E-state index is -1.52. The molecule has 2 aliphatic rings. The molecule has 2 rings (SSSR count). The summed E-state index contributed by atoms with van der Waals surface area (Å²) in [4.78, 5) is 0. The molecule has 3 unspecified atom stereocenters.